The van der Waals surface area contributed by atoms with Gasteiger partial charge >= 0.3 is 5.97 Å². The number of nitrogens with zero attached hydrogens (tertiary/aromatic N) is 2. The number of benzene rings is 1. The fraction of sp³-hybridized carbons (Fsp3) is 0.235. The average molecular weight is 328 g/mol. The molecule has 118 valence electrons. The highest BCUT2D eigenvalue weighted by Crippen LogP contribution is 2.22. The number of carboxylic acid groups (broad SMARTS) is 1. The summed E-state index contributed by atoms with van der Waals surface area (Å²) < 4.78 is 1.58. The van der Waals surface area contributed by atoms with Gasteiger partial charge in [0.25, 0.3) is 5.56 Å². The monoisotopic (exact) mass is 328 g/mol. The summed E-state index contributed by atoms with van der Waals surface area (Å²) in [5.41, 5.74) is 1.88. The minimum Gasteiger partial charge on any atom is -0.478 e. The van der Waals surface area contributed by atoms with Gasteiger partial charge in [-0.25, -0.2) is 9.78 Å². The Bertz CT molecular complexity index is 939. The lowest BCUT2D eigenvalue weighted by atomic mass is 10.1. The lowest BCUT2D eigenvalue weighted by molar-refractivity contribution is 0.0699. The molecule has 2 aromatic heterocycles. The van der Waals surface area contributed by atoms with Crippen LogP contribution in [0, 0.1) is 6.92 Å². The Morgan fingerprint density at radius 1 is 1.30 bits per heavy atom. The van der Waals surface area contributed by atoms with E-state index in [1.54, 1.807) is 4.57 Å². The number of hydrogen-bond acceptors (Lipinski definition) is 4. The van der Waals surface area contributed by atoms with Gasteiger partial charge in [0.05, 0.1) is 17.5 Å². The number of rotatable bonds is 4. The van der Waals surface area contributed by atoms with Crippen molar-refractivity contribution in [3.63, 3.8) is 0 Å². The minimum atomic E-state index is -1.10. The Labute approximate surface area is 136 Å². The number of aryl methyl sites for hydroxylation is 2. The third-order valence-corrected chi connectivity index (χ3v) is 4.65. The molecule has 5 nitrogen and oxygen atoms in total. The number of hydrogen-bond donors (Lipinski definition) is 1. The van der Waals surface area contributed by atoms with Crippen LogP contribution in [0.5, 0.6) is 0 Å². The summed E-state index contributed by atoms with van der Waals surface area (Å²) in [7, 11) is 0. The van der Waals surface area contributed by atoms with Gasteiger partial charge in [0.15, 0.2) is 0 Å². The van der Waals surface area contributed by atoms with Gasteiger partial charge in [0, 0.05) is 11.8 Å². The van der Waals surface area contributed by atoms with Gasteiger partial charge in [-0.15, -0.1) is 11.3 Å². The molecule has 0 unspecified atom stereocenters. The molecule has 0 aliphatic rings. The van der Waals surface area contributed by atoms with Crippen LogP contribution in [-0.4, -0.2) is 20.6 Å². The molecule has 3 aromatic rings. The van der Waals surface area contributed by atoms with Crippen LogP contribution in [0.2, 0.25) is 0 Å². The number of carbonyl (C=O) groups is 1. The van der Waals surface area contributed by atoms with Crippen LogP contribution in [0.1, 0.15) is 34.2 Å². The van der Waals surface area contributed by atoms with Crippen molar-refractivity contribution in [2.45, 2.75) is 26.8 Å². The zero-order valence-corrected chi connectivity index (χ0v) is 13.7. The lowest BCUT2D eigenvalue weighted by Gasteiger charge is -2.11. The van der Waals surface area contributed by atoms with Crippen LogP contribution >= 0.6 is 11.3 Å². The van der Waals surface area contributed by atoms with E-state index in [0.717, 1.165) is 11.1 Å². The Morgan fingerprint density at radius 2 is 2.00 bits per heavy atom. The van der Waals surface area contributed by atoms with Crippen molar-refractivity contribution >= 4 is 27.5 Å². The molecule has 1 N–H and O–H groups in total. The lowest BCUT2D eigenvalue weighted by Crippen LogP contribution is -2.26. The molecule has 23 heavy (non-hydrogen) atoms. The maximum atomic E-state index is 12.8. The Kier molecular flexibility index (Phi) is 4.00. The zero-order valence-electron chi connectivity index (χ0n) is 12.9. The molecule has 6 heteroatoms. The summed E-state index contributed by atoms with van der Waals surface area (Å²) in [6, 6.07) is 7.92. The molecule has 0 radical (unpaired) electrons. The van der Waals surface area contributed by atoms with Crippen LogP contribution < -0.4 is 5.56 Å². The smallest absolute Gasteiger partial charge is 0.337 e. The van der Waals surface area contributed by atoms with E-state index in [-0.39, 0.29) is 16.5 Å². The minimum absolute atomic E-state index is 0.0304. The molecule has 0 fully saturated rings. The molecule has 3 rings (SSSR count). The van der Waals surface area contributed by atoms with Crippen molar-refractivity contribution in [3.8, 4) is 0 Å². The molecule has 0 bridgehead atoms. The second-order valence-corrected chi connectivity index (χ2v) is 6.25. The van der Waals surface area contributed by atoms with Crippen LogP contribution in [0.25, 0.3) is 10.2 Å². The van der Waals surface area contributed by atoms with Gasteiger partial charge in [-0.3, -0.25) is 9.36 Å². The van der Waals surface area contributed by atoms with E-state index >= 15 is 0 Å². The number of fused-ring (bicyclic) bond motifs is 1. The molecular formula is C17H16N2O3S. The molecule has 0 atom stereocenters. The Morgan fingerprint density at radius 3 is 2.61 bits per heavy atom. The summed E-state index contributed by atoms with van der Waals surface area (Å²) in [4.78, 5) is 29.1. The van der Waals surface area contributed by atoms with E-state index in [9.17, 15) is 14.7 Å². The summed E-state index contributed by atoms with van der Waals surface area (Å²) >= 11 is 1.20. The third kappa shape index (κ3) is 2.77. The van der Waals surface area contributed by atoms with Crippen molar-refractivity contribution in [1.29, 1.82) is 0 Å². The van der Waals surface area contributed by atoms with Crippen LogP contribution in [0.4, 0.5) is 0 Å². The van der Waals surface area contributed by atoms with E-state index < -0.39 is 5.97 Å². The first-order valence-electron chi connectivity index (χ1n) is 7.31. The predicted octanol–water partition coefficient (Wildman–Crippen LogP) is 3.08. The molecule has 0 spiro atoms. The second-order valence-electron chi connectivity index (χ2n) is 5.39. The van der Waals surface area contributed by atoms with Gasteiger partial charge < -0.3 is 5.11 Å². The molecule has 0 aliphatic carbocycles. The molecule has 2 heterocycles. The maximum absolute atomic E-state index is 12.8. The van der Waals surface area contributed by atoms with Crippen molar-refractivity contribution in [3.05, 3.63) is 62.5 Å². The Hall–Kier alpha value is -2.47. The number of carboxylic acids is 1. The standard InChI is InChI=1S/C17H16N2O3S/c1-3-13-18-15-14(12(9-23-15)17(21)22)16(20)19(13)8-11-6-4-10(2)5-7-11/h4-7,9H,3,8H2,1-2H3,(H,21,22). The normalized spacial score (nSPS) is 11.0. The van der Waals surface area contributed by atoms with Gasteiger partial charge in [0.2, 0.25) is 0 Å². The highest BCUT2D eigenvalue weighted by Gasteiger charge is 2.19. The summed E-state index contributed by atoms with van der Waals surface area (Å²) in [5, 5.41) is 10.9. The van der Waals surface area contributed by atoms with E-state index in [1.807, 2.05) is 38.1 Å². The highest BCUT2D eigenvalue weighted by atomic mass is 32.1. The molecular weight excluding hydrogens is 312 g/mol. The molecule has 1 aromatic carbocycles. The van der Waals surface area contributed by atoms with Gasteiger partial charge in [-0.05, 0) is 12.5 Å². The van der Waals surface area contributed by atoms with Crippen molar-refractivity contribution in [2.24, 2.45) is 0 Å². The molecule has 0 aliphatic heterocycles. The Balaban J connectivity index is 2.19. The summed E-state index contributed by atoms with van der Waals surface area (Å²) in [6.07, 6.45) is 0.608. The second kappa shape index (κ2) is 5.96. The third-order valence-electron chi connectivity index (χ3n) is 3.78. The van der Waals surface area contributed by atoms with E-state index in [4.69, 9.17) is 0 Å². The zero-order chi connectivity index (χ0) is 16.6. The van der Waals surface area contributed by atoms with Gasteiger partial charge in [-0.1, -0.05) is 36.8 Å². The first-order valence-corrected chi connectivity index (χ1v) is 8.19. The largest absolute Gasteiger partial charge is 0.478 e. The molecule has 0 saturated carbocycles. The van der Waals surface area contributed by atoms with E-state index in [0.29, 0.717) is 23.6 Å². The van der Waals surface area contributed by atoms with Crippen LogP contribution in [0.15, 0.2) is 34.4 Å². The first-order chi connectivity index (χ1) is 11.0. The van der Waals surface area contributed by atoms with Gasteiger partial charge in [0.1, 0.15) is 10.7 Å². The van der Waals surface area contributed by atoms with E-state index in [2.05, 4.69) is 4.98 Å². The maximum Gasteiger partial charge on any atom is 0.337 e. The average Bonchev–Trinajstić information content (AvgIpc) is 2.96. The fourth-order valence-electron chi connectivity index (χ4n) is 2.53. The van der Waals surface area contributed by atoms with Crippen molar-refractivity contribution in [2.75, 3.05) is 0 Å². The topological polar surface area (TPSA) is 72.2 Å². The summed E-state index contributed by atoms with van der Waals surface area (Å²) in [5.74, 6) is -0.428. The number of aromatic nitrogens is 2. The predicted molar refractivity (Wildman–Crippen MR) is 90.5 cm³/mol. The fourth-order valence-corrected chi connectivity index (χ4v) is 3.45. The van der Waals surface area contributed by atoms with Gasteiger partial charge in [-0.2, -0.15) is 0 Å². The first kappa shape index (κ1) is 15.4. The van der Waals surface area contributed by atoms with Crippen LogP contribution in [0.3, 0.4) is 0 Å². The molecule has 0 saturated heterocycles. The van der Waals surface area contributed by atoms with Crippen LogP contribution in [-0.2, 0) is 13.0 Å². The van der Waals surface area contributed by atoms with E-state index in [1.165, 1.54) is 16.7 Å². The number of thiophene rings is 1. The summed E-state index contributed by atoms with van der Waals surface area (Å²) in [6.45, 7) is 4.33. The molecule has 0 amide bonds. The van der Waals surface area contributed by atoms with Crippen molar-refractivity contribution in [1.82, 2.24) is 9.55 Å². The van der Waals surface area contributed by atoms with Crippen molar-refractivity contribution < 1.29 is 9.90 Å². The number of aromatic carboxylic acids is 1. The highest BCUT2D eigenvalue weighted by molar-refractivity contribution is 7.17. The quantitative estimate of drug-likeness (QED) is 0.799. The SMILES string of the molecule is CCc1nc2scc(C(=O)O)c2c(=O)n1Cc1ccc(C)cc1.